The molecule has 2 aromatic rings. The molecular formula is C11H14N4O5. The smallest absolute Gasteiger partial charge is 0.242 e. The molecule has 2 aromatic heterocycles. The van der Waals surface area contributed by atoms with E-state index >= 15 is 0 Å². The number of rotatable bonds is 3. The average molecular weight is 282 g/mol. The van der Waals surface area contributed by atoms with E-state index in [0.717, 1.165) is 0 Å². The van der Waals surface area contributed by atoms with Crippen LogP contribution >= 0.6 is 0 Å². The highest BCUT2D eigenvalue weighted by Crippen LogP contribution is 2.33. The van der Waals surface area contributed by atoms with Gasteiger partial charge in [0.25, 0.3) is 0 Å². The number of ether oxygens (including phenoxy) is 2. The van der Waals surface area contributed by atoms with Crippen LogP contribution in [0, 0.1) is 0 Å². The van der Waals surface area contributed by atoms with E-state index in [0.29, 0.717) is 5.65 Å². The molecule has 0 aromatic carbocycles. The maximum Gasteiger partial charge on any atom is 0.242 e. The number of aliphatic hydroxyl groups is 2. The van der Waals surface area contributed by atoms with Gasteiger partial charge in [-0.1, -0.05) is 0 Å². The molecule has 0 amide bonds. The van der Waals surface area contributed by atoms with Gasteiger partial charge >= 0.3 is 0 Å². The second kappa shape index (κ2) is 4.94. The largest absolute Gasteiger partial charge is 0.492 e. The highest BCUT2D eigenvalue weighted by atomic mass is 16.6. The van der Waals surface area contributed by atoms with Gasteiger partial charge in [0.05, 0.1) is 12.9 Å². The van der Waals surface area contributed by atoms with Crippen molar-refractivity contribution in [2.24, 2.45) is 0 Å². The molecule has 3 heterocycles. The van der Waals surface area contributed by atoms with Crippen molar-refractivity contribution >= 4 is 11.2 Å². The van der Waals surface area contributed by atoms with Gasteiger partial charge in [0, 0.05) is 7.11 Å². The van der Waals surface area contributed by atoms with Gasteiger partial charge in [-0.3, -0.25) is 4.57 Å². The number of aromatic hydroxyl groups is 1. The van der Waals surface area contributed by atoms with Crippen molar-refractivity contribution in [3.8, 4) is 5.88 Å². The number of nitrogens with zero attached hydrogens (tertiary/aromatic N) is 4. The zero-order valence-electron chi connectivity index (χ0n) is 10.6. The fraction of sp³-hybridized carbons (Fsp3) is 0.545. The highest BCUT2D eigenvalue weighted by molar-refractivity contribution is 5.75. The van der Waals surface area contributed by atoms with Gasteiger partial charge in [-0.15, -0.1) is 0 Å². The predicted octanol–water partition coefficient (Wildman–Crippen LogP) is -1.20. The average Bonchev–Trinajstić information content (AvgIpc) is 3.00. The summed E-state index contributed by atoms with van der Waals surface area (Å²) in [6, 6.07) is 0. The number of aliphatic hydroxyl groups excluding tert-OH is 2. The van der Waals surface area contributed by atoms with Crippen molar-refractivity contribution in [1.82, 2.24) is 19.5 Å². The number of aromatic nitrogens is 4. The Labute approximate surface area is 113 Å². The molecule has 20 heavy (non-hydrogen) atoms. The third-order valence-electron chi connectivity index (χ3n) is 3.38. The Hall–Kier alpha value is -1.81. The summed E-state index contributed by atoms with van der Waals surface area (Å²) in [6.45, 7) is -0.329. The van der Waals surface area contributed by atoms with E-state index in [1.54, 1.807) is 0 Å². The fourth-order valence-corrected chi connectivity index (χ4v) is 2.37. The van der Waals surface area contributed by atoms with Gasteiger partial charge in [-0.2, -0.15) is 4.98 Å². The first-order valence-corrected chi connectivity index (χ1v) is 6.01. The van der Waals surface area contributed by atoms with Crippen molar-refractivity contribution < 1.29 is 24.8 Å². The Kier molecular flexibility index (Phi) is 3.26. The lowest BCUT2D eigenvalue weighted by atomic mass is 10.1. The first kappa shape index (κ1) is 13.2. The molecule has 1 aliphatic rings. The van der Waals surface area contributed by atoms with E-state index in [-0.39, 0.29) is 18.0 Å². The van der Waals surface area contributed by atoms with Gasteiger partial charge in [-0.25, -0.2) is 9.97 Å². The Balaban J connectivity index is 2.04. The summed E-state index contributed by atoms with van der Waals surface area (Å²) in [5.74, 6) is -0.236. The van der Waals surface area contributed by atoms with Crippen molar-refractivity contribution in [3.05, 3.63) is 12.7 Å². The van der Waals surface area contributed by atoms with Crippen molar-refractivity contribution in [2.75, 3.05) is 13.7 Å². The number of hydrogen-bond acceptors (Lipinski definition) is 8. The molecule has 4 atom stereocenters. The zero-order valence-corrected chi connectivity index (χ0v) is 10.6. The minimum Gasteiger partial charge on any atom is -0.492 e. The summed E-state index contributed by atoms with van der Waals surface area (Å²) in [5, 5.41) is 28.8. The van der Waals surface area contributed by atoms with E-state index in [4.69, 9.17) is 9.47 Å². The quantitative estimate of drug-likeness (QED) is 0.641. The molecule has 0 aliphatic carbocycles. The van der Waals surface area contributed by atoms with Gasteiger partial charge in [0.15, 0.2) is 17.4 Å². The van der Waals surface area contributed by atoms with Crippen molar-refractivity contribution in [3.63, 3.8) is 0 Å². The molecular weight excluding hydrogens is 268 g/mol. The lowest BCUT2D eigenvalue weighted by Gasteiger charge is -2.19. The number of methoxy groups -OCH3 is 1. The lowest BCUT2D eigenvalue weighted by Crippen LogP contribution is -2.34. The molecule has 1 aliphatic heterocycles. The summed E-state index contributed by atoms with van der Waals surface area (Å²) in [4.78, 5) is 11.7. The third-order valence-corrected chi connectivity index (χ3v) is 3.38. The van der Waals surface area contributed by atoms with E-state index in [1.807, 2.05) is 0 Å². The molecule has 0 unspecified atom stereocenters. The second-order valence-electron chi connectivity index (χ2n) is 4.46. The maximum absolute atomic E-state index is 10.0. The summed E-state index contributed by atoms with van der Waals surface area (Å²) in [6.07, 6.45) is -0.483. The minimum absolute atomic E-state index is 0.230. The van der Waals surface area contributed by atoms with Crippen LogP contribution in [0.4, 0.5) is 0 Å². The van der Waals surface area contributed by atoms with Crippen LogP contribution in [0.25, 0.3) is 11.2 Å². The molecule has 1 fully saturated rings. The van der Waals surface area contributed by atoms with Gasteiger partial charge in [0.2, 0.25) is 5.88 Å². The zero-order chi connectivity index (χ0) is 14.3. The van der Waals surface area contributed by atoms with E-state index in [1.165, 1.54) is 24.3 Å². The molecule has 1 saturated heterocycles. The van der Waals surface area contributed by atoms with E-state index < -0.39 is 24.5 Å². The monoisotopic (exact) mass is 282 g/mol. The molecule has 0 spiro atoms. The maximum atomic E-state index is 10.0. The van der Waals surface area contributed by atoms with E-state index in [2.05, 4.69) is 15.0 Å². The number of imidazole rings is 1. The molecule has 3 N–H and O–H groups in total. The topological polar surface area (TPSA) is 123 Å². The predicted molar refractivity (Wildman–Crippen MR) is 64.8 cm³/mol. The van der Waals surface area contributed by atoms with Gasteiger partial charge in [-0.05, 0) is 0 Å². The van der Waals surface area contributed by atoms with Crippen LogP contribution in [0.1, 0.15) is 6.23 Å². The lowest BCUT2D eigenvalue weighted by molar-refractivity contribution is -0.0583. The summed E-state index contributed by atoms with van der Waals surface area (Å²) in [5.41, 5.74) is 0.586. The molecule has 0 radical (unpaired) electrons. The molecule has 3 rings (SSSR count). The van der Waals surface area contributed by atoms with Crippen LogP contribution in [0.3, 0.4) is 0 Å². The highest BCUT2D eigenvalue weighted by Gasteiger charge is 2.45. The first-order chi connectivity index (χ1) is 9.67. The van der Waals surface area contributed by atoms with Crippen LogP contribution in [0.5, 0.6) is 5.88 Å². The standard InChI is InChI=1S/C11H14N4O5/c1-19-8-7(17)5(2-16)20-11(8)15-4-14-6-9(15)12-3-13-10(6)18/h3-5,7-8,11,16-17H,2H2,1H3,(H,12,13,18)/t5-,7+,8-,11-/m1/s1. The second-order valence-corrected chi connectivity index (χ2v) is 4.46. The minimum atomic E-state index is -0.970. The third kappa shape index (κ3) is 1.83. The molecule has 9 heteroatoms. The normalized spacial score (nSPS) is 30.1. The number of hydrogen-bond donors (Lipinski definition) is 3. The Morgan fingerprint density at radius 3 is 2.90 bits per heavy atom. The Morgan fingerprint density at radius 2 is 2.20 bits per heavy atom. The Bertz CT molecular complexity index is 618. The van der Waals surface area contributed by atoms with Crippen molar-refractivity contribution in [1.29, 1.82) is 0 Å². The molecule has 0 saturated carbocycles. The number of fused-ring (bicyclic) bond motifs is 1. The van der Waals surface area contributed by atoms with Crippen molar-refractivity contribution in [2.45, 2.75) is 24.5 Å². The van der Waals surface area contributed by atoms with Crippen LogP contribution in [0.2, 0.25) is 0 Å². The Morgan fingerprint density at radius 1 is 1.40 bits per heavy atom. The summed E-state index contributed by atoms with van der Waals surface area (Å²) >= 11 is 0. The van der Waals surface area contributed by atoms with E-state index in [9.17, 15) is 15.3 Å². The van der Waals surface area contributed by atoms with Crippen LogP contribution in [-0.2, 0) is 9.47 Å². The summed E-state index contributed by atoms with van der Waals surface area (Å²) in [7, 11) is 1.44. The van der Waals surface area contributed by atoms with Crippen LogP contribution in [0.15, 0.2) is 12.7 Å². The van der Waals surface area contributed by atoms with Gasteiger partial charge in [0.1, 0.15) is 24.6 Å². The molecule has 9 nitrogen and oxygen atoms in total. The first-order valence-electron chi connectivity index (χ1n) is 6.01. The molecule has 108 valence electrons. The summed E-state index contributed by atoms with van der Waals surface area (Å²) < 4.78 is 12.3. The SMILES string of the molecule is CO[C@@H]1[C@@H](O)[C@@H](CO)O[C@H]1n1cnc2c(O)ncnc21. The van der Waals surface area contributed by atoms with Crippen LogP contribution < -0.4 is 0 Å². The molecule has 0 bridgehead atoms. The van der Waals surface area contributed by atoms with Crippen LogP contribution in [-0.4, -0.2) is 66.9 Å². The fourth-order valence-electron chi connectivity index (χ4n) is 2.37. The van der Waals surface area contributed by atoms with Gasteiger partial charge < -0.3 is 24.8 Å².